The zero-order valence-electron chi connectivity index (χ0n) is 38.3. The van der Waals surface area contributed by atoms with Crippen LogP contribution in [-0.4, -0.2) is 32.2 Å². The molecule has 0 aliphatic carbocycles. The van der Waals surface area contributed by atoms with Crippen LogP contribution in [0, 0.1) is 0 Å². The molecule has 0 saturated heterocycles. The predicted octanol–water partition coefficient (Wildman–Crippen LogP) is 13.3. The van der Waals surface area contributed by atoms with Crippen molar-refractivity contribution in [3.05, 3.63) is 179 Å². The molecule has 0 radical (unpaired) electrons. The first-order valence-electron chi connectivity index (χ1n) is 22.6. The van der Waals surface area contributed by atoms with Crippen molar-refractivity contribution in [2.75, 3.05) is 39.7 Å². The second kappa shape index (κ2) is 15.7. The van der Waals surface area contributed by atoms with Gasteiger partial charge < -0.3 is 19.6 Å². The van der Waals surface area contributed by atoms with E-state index in [4.69, 9.17) is 0 Å². The van der Waals surface area contributed by atoms with E-state index >= 15 is 0 Å². The van der Waals surface area contributed by atoms with Crippen molar-refractivity contribution in [2.45, 2.75) is 122 Å². The van der Waals surface area contributed by atoms with Crippen molar-refractivity contribution in [1.29, 1.82) is 0 Å². The minimum Gasteiger partial charge on any atom is -0.367 e. The van der Waals surface area contributed by atoms with Crippen LogP contribution in [0.4, 0.5) is 22.7 Å². The largest absolute Gasteiger partial charge is 0.367 e. The molecule has 0 spiro atoms. The first kappa shape index (κ1) is 41.5. The number of hydrogen-bond acceptors (Lipinski definition) is 4. The molecule has 4 aromatic carbocycles. The Balaban J connectivity index is 1.11. The normalized spacial score (nSPS) is 23.2. The fraction of sp³-hybridized carbons (Fsp3) is 0.393. The summed E-state index contributed by atoms with van der Waals surface area (Å²) in [5.41, 5.74) is 14.9. The van der Waals surface area contributed by atoms with E-state index in [-0.39, 0.29) is 21.7 Å². The maximum atomic E-state index is 2.63. The average Bonchev–Trinajstić information content (AvgIpc) is 3.75. The van der Waals surface area contributed by atoms with Crippen LogP contribution in [0.3, 0.4) is 0 Å². The maximum Gasteiger partial charge on any atom is 0.0568 e. The standard InChI is InChI=1S/C56H68N4/c1-12-37-58-45-30-21-18-27-42(45)54(5,6)49(58)35-24-36-51-56(9,10)52-40(25-23-32-47(52)59(51)38-13-2)39-60-46-31-22-19-28-43(46)55(7,8)50(60)34-16-14-15-33-48-53(3,4)41-26-17-20-29-44(41)57(48)11/h14-36,48-49H,12-13,37-39H2,1-11H3. The molecule has 0 bridgehead atoms. The lowest BCUT2D eigenvalue weighted by atomic mass is 9.79. The van der Waals surface area contributed by atoms with E-state index in [1.165, 1.54) is 62.0 Å². The van der Waals surface area contributed by atoms with Crippen LogP contribution in [0.25, 0.3) is 0 Å². The molecule has 60 heavy (non-hydrogen) atoms. The van der Waals surface area contributed by atoms with Crippen LogP contribution in [0.2, 0.25) is 0 Å². The number of para-hydroxylation sites is 3. The Morgan fingerprint density at radius 1 is 0.500 bits per heavy atom. The molecule has 4 nitrogen and oxygen atoms in total. The summed E-state index contributed by atoms with van der Waals surface area (Å²) < 4.78 is 0. The van der Waals surface area contributed by atoms with Crippen LogP contribution < -0.4 is 19.6 Å². The number of likely N-dealkylation sites (N-methyl/N-ethyl adjacent to an activating group) is 1. The molecule has 4 aliphatic rings. The lowest BCUT2D eigenvalue weighted by Crippen LogP contribution is -2.40. The lowest BCUT2D eigenvalue weighted by molar-refractivity contribution is 0.474. The fourth-order valence-electron chi connectivity index (χ4n) is 11.4. The van der Waals surface area contributed by atoms with E-state index in [0.717, 1.165) is 32.5 Å². The highest BCUT2D eigenvalue weighted by Gasteiger charge is 2.46. The minimum absolute atomic E-state index is 0.0257. The lowest BCUT2D eigenvalue weighted by Gasteiger charge is -2.32. The van der Waals surface area contributed by atoms with Crippen LogP contribution in [0.1, 0.15) is 110 Å². The van der Waals surface area contributed by atoms with Crippen molar-refractivity contribution in [3.63, 3.8) is 0 Å². The molecule has 0 amide bonds. The molecule has 4 heteroatoms. The second-order valence-corrected chi connectivity index (χ2v) is 19.7. The highest BCUT2D eigenvalue weighted by molar-refractivity contribution is 5.76. The van der Waals surface area contributed by atoms with E-state index in [0.29, 0.717) is 12.1 Å². The molecule has 0 N–H and O–H groups in total. The van der Waals surface area contributed by atoms with Crippen molar-refractivity contribution in [1.82, 2.24) is 0 Å². The zero-order valence-corrected chi connectivity index (χ0v) is 38.3. The molecular formula is C56H68N4. The highest BCUT2D eigenvalue weighted by Crippen LogP contribution is 2.53. The van der Waals surface area contributed by atoms with Gasteiger partial charge in [0.1, 0.15) is 0 Å². The van der Waals surface area contributed by atoms with Crippen molar-refractivity contribution < 1.29 is 0 Å². The van der Waals surface area contributed by atoms with Crippen LogP contribution >= 0.6 is 0 Å². The highest BCUT2D eigenvalue weighted by atomic mass is 15.2. The van der Waals surface area contributed by atoms with Gasteiger partial charge in [-0.2, -0.15) is 0 Å². The Labute approximate surface area is 362 Å². The van der Waals surface area contributed by atoms with Gasteiger partial charge in [-0.3, -0.25) is 0 Å². The molecule has 0 aromatic heterocycles. The first-order chi connectivity index (χ1) is 28.7. The van der Waals surface area contributed by atoms with Crippen LogP contribution in [0.5, 0.6) is 0 Å². The van der Waals surface area contributed by atoms with Gasteiger partial charge in [-0.05, 0) is 77.1 Å². The Hall–Kier alpha value is -5.22. The van der Waals surface area contributed by atoms with Gasteiger partial charge in [-0.25, -0.2) is 0 Å². The van der Waals surface area contributed by atoms with Crippen LogP contribution in [-0.2, 0) is 28.2 Å². The molecule has 8 rings (SSSR count). The monoisotopic (exact) mass is 797 g/mol. The summed E-state index contributed by atoms with van der Waals surface area (Å²) >= 11 is 0. The number of anilines is 4. The van der Waals surface area contributed by atoms with Gasteiger partial charge in [-0.1, -0.05) is 172 Å². The molecule has 4 heterocycles. The topological polar surface area (TPSA) is 13.0 Å². The number of nitrogens with zero attached hydrogens (tertiary/aromatic N) is 4. The van der Waals surface area contributed by atoms with E-state index in [9.17, 15) is 0 Å². The zero-order chi connectivity index (χ0) is 42.6. The van der Waals surface area contributed by atoms with E-state index in [1.807, 2.05) is 0 Å². The third kappa shape index (κ3) is 6.66. The van der Waals surface area contributed by atoms with Crippen molar-refractivity contribution in [3.8, 4) is 0 Å². The van der Waals surface area contributed by atoms with E-state index in [1.54, 1.807) is 0 Å². The first-order valence-corrected chi connectivity index (χ1v) is 22.6. The molecule has 0 fully saturated rings. The van der Waals surface area contributed by atoms with Crippen molar-refractivity contribution in [2.24, 2.45) is 0 Å². The summed E-state index contributed by atoms with van der Waals surface area (Å²) in [7, 11) is 2.22. The van der Waals surface area contributed by atoms with Gasteiger partial charge in [-0.15, -0.1) is 0 Å². The van der Waals surface area contributed by atoms with E-state index < -0.39 is 0 Å². The summed E-state index contributed by atoms with van der Waals surface area (Å²) in [6.07, 6.45) is 20.9. The van der Waals surface area contributed by atoms with Gasteiger partial charge in [0.05, 0.1) is 12.1 Å². The van der Waals surface area contributed by atoms with Gasteiger partial charge >= 0.3 is 0 Å². The third-order valence-electron chi connectivity index (χ3n) is 14.5. The van der Waals surface area contributed by atoms with Gasteiger partial charge in [0, 0.05) is 82.5 Å². The molecule has 2 atom stereocenters. The summed E-state index contributed by atoms with van der Waals surface area (Å²) in [6.45, 7) is 26.7. The Morgan fingerprint density at radius 2 is 1.05 bits per heavy atom. The minimum atomic E-state index is -0.174. The summed E-state index contributed by atoms with van der Waals surface area (Å²) in [5.74, 6) is 0. The molecule has 0 saturated carbocycles. The Bertz CT molecular complexity index is 2400. The number of fused-ring (bicyclic) bond motifs is 4. The summed E-state index contributed by atoms with van der Waals surface area (Å²) in [6, 6.07) is 34.5. The number of benzene rings is 4. The molecule has 4 aromatic rings. The van der Waals surface area contributed by atoms with Crippen LogP contribution in [0.15, 0.2) is 151 Å². The molecule has 2 unspecified atom stereocenters. The smallest absolute Gasteiger partial charge is 0.0568 e. The summed E-state index contributed by atoms with van der Waals surface area (Å²) in [5, 5.41) is 0. The summed E-state index contributed by atoms with van der Waals surface area (Å²) in [4.78, 5) is 10.2. The quantitative estimate of drug-likeness (QED) is 0.140. The number of hydrogen-bond donors (Lipinski definition) is 0. The van der Waals surface area contributed by atoms with Gasteiger partial charge in [0.2, 0.25) is 0 Å². The Kier molecular flexibility index (Phi) is 10.8. The van der Waals surface area contributed by atoms with Gasteiger partial charge in [0.25, 0.3) is 0 Å². The maximum absolute atomic E-state index is 2.63. The molecular weight excluding hydrogens is 729 g/mol. The average molecular weight is 797 g/mol. The number of allylic oxidation sites excluding steroid dienone is 8. The second-order valence-electron chi connectivity index (χ2n) is 19.7. The van der Waals surface area contributed by atoms with E-state index in [2.05, 4.69) is 235 Å². The van der Waals surface area contributed by atoms with Crippen molar-refractivity contribution >= 4 is 22.7 Å². The predicted molar refractivity (Wildman–Crippen MR) is 259 cm³/mol. The molecule has 312 valence electrons. The fourth-order valence-corrected chi connectivity index (χ4v) is 11.4. The Morgan fingerprint density at radius 3 is 1.73 bits per heavy atom. The number of rotatable bonds is 11. The molecule has 4 aliphatic heterocycles. The SMILES string of the molecule is CCCN1C(=CC=CC2N(CCC)c3ccccc3C2(C)C)C(C)(C)c2c(CN3C(=CC=CC=CC4N(C)c5ccccc5C4(C)C)C(C)(C)c4ccccc43)cccc21. The van der Waals surface area contributed by atoms with Gasteiger partial charge in [0.15, 0.2) is 0 Å². The third-order valence-corrected chi connectivity index (χ3v) is 14.5.